The largest absolute Gasteiger partial charge is 0.373 e. The van der Waals surface area contributed by atoms with E-state index in [4.69, 9.17) is 0 Å². The molecule has 0 saturated carbocycles. The molecule has 19 heavy (non-hydrogen) atoms. The molecular formula is C12H19N7. The first-order chi connectivity index (χ1) is 9.21. The Hall–Kier alpha value is -2.18. The Kier molecular flexibility index (Phi) is 4.27. The zero-order chi connectivity index (χ0) is 13.7. The van der Waals surface area contributed by atoms with E-state index in [-0.39, 0.29) is 0 Å². The average molecular weight is 261 g/mol. The van der Waals surface area contributed by atoms with Crippen molar-refractivity contribution >= 4 is 11.6 Å². The van der Waals surface area contributed by atoms with Crippen LogP contribution in [0.1, 0.15) is 25.0 Å². The van der Waals surface area contributed by atoms with Crippen LogP contribution in [0.5, 0.6) is 0 Å². The van der Waals surface area contributed by atoms with Crippen LogP contribution in [0.3, 0.4) is 0 Å². The van der Waals surface area contributed by atoms with Crippen LogP contribution < -0.4 is 10.6 Å². The van der Waals surface area contributed by atoms with Gasteiger partial charge in [0.1, 0.15) is 23.8 Å². The van der Waals surface area contributed by atoms with Gasteiger partial charge in [-0.25, -0.2) is 15.0 Å². The highest BCUT2D eigenvalue weighted by Gasteiger charge is 2.04. The highest BCUT2D eigenvalue weighted by Crippen LogP contribution is 2.12. The van der Waals surface area contributed by atoms with Gasteiger partial charge in [-0.05, 0) is 6.42 Å². The number of rotatable bonds is 6. The molecule has 0 aromatic carbocycles. The molecule has 7 heteroatoms. The van der Waals surface area contributed by atoms with Gasteiger partial charge in [-0.15, -0.1) is 0 Å². The molecule has 0 aliphatic carbocycles. The van der Waals surface area contributed by atoms with Crippen LogP contribution in [0.2, 0.25) is 0 Å². The predicted molar refractivity (Wildman–Crippen MR) is 73.9 cm³/mol. The highest BCUT2D eigenvalue weighted by molar-refractivity contribution is 5.47. The van der Waals surface area contributed by atoms with E-state index >= 15 is 0 Å². The SMILES string of the molecule is CCCc1nc(NC)cc(NCc2ncn(C)n2)n1. The second-order valence-corrected chi connectivity index (χ2v) is 4.24. The quantitative estimate of drug-likeness (QED) is 0.813. The first kappa shape index (κ1) is 13.3. The van der Waals surface area contributed by atoms with Crippen molar-refractivity contribution < 1.29 is 0 Å². The maximum atomic E-state index is 4.47. The topological polar surface area (TPSA) is 80.5 Å². The summed E-state index contributed by atoms with van der Waals surface area (Å²) < 4.78 is 1.68. The molecule has 2 aromatic rings. The molecule has 2 aromatic heterocycles. The van der Waals surface area contributed by atoms with Crippen molar-refractivity contribution in [1.29, 1.82) is 0 Å². The van der Waals surface area contributed by atoms with Crippen LogP contribution in [0, 0.1) is 0 Å². The molecule has 0 saturated heterocycles. The summed E-state index contributed by atoms with van der Waals surface area (Å²) in [7, 11) is 3.70. The molecule has 0 aliphatic heterocycles. The van der Waals surface area contributed by atoms with Crippen molar-refractivity contribution in [3.05, 3.63) is 24.0 Å². The molecule has 0 aliphatic rings. The van der Waals surface area contributed by atoms with Gasteiger partial charge in [0.15, 0.2) is 5.82 Å². The van der Waals surface area contributed by atoms with Crippen molar-refractivity contribution in [2.45, 2.75) is 26.3 Å². The van der Waals surface area contributed by atoms with Crippen molar-refractivity contribution in [3.8, 4) is 0 Å². The molecule has 0 radical (unpaired) electrons. The van der Waals surface area contributed by atoms with E-state index in [9.17, 15) is 0 Å². The van der Waals surface area contributed by atoms with E-state index in [1.165, 1.54) is 0 Å². The highest BCUT2D eigenvalue weighted by atomic mass is 15.3. The molecular weight excluding hydrogens is 242 g/mol. The summed E-state index contributed by atoms with van der Waals surface area (Å²) in [6.07, 6.45) is 3.57. The molecule has 0 fully saturated rings. The van der Waals surface area contributed by atoms with Crippen LogP contribution in [0.25, 0.3) is 0 Å². The average Bonchev–Trinajstić information content (AvgIpc) is 2.82. The van der Waals surface area contributed by atoms with Crippen LogP contribution in [-0.4, -0.2) is 31.8 Å². The van der Waals surface area contributed by atoms with E-state index in [0.29, 0.717) is 6.54 Å². The first-order valence-corrected chi connectivity index (χ1v) is 6.35. The van der Waals surface area contributed by atoms with Crippen LogP contribution in [0.15, 0.2) is 12.4 Å². The fourth-order valence-electron chi connectivity index (χ4n) is 1.69. The lowest BCUT2D eigenvalue weighted by molar-refractivity contribution is 0.746. The second kappa shape index (κ2) is 6.12. The number of nitrogens with one attached hydrogen (secondary N) is 2. The van der Waals surface area contributed by atoms with E-state index in [1.54, 1.807) is 11.0 Å². The normalized spacial score (nSPS) is 10.5. The molecule has 0 bridgehead atoms. The Labute approximate surface area is 112 Å². The Morgan fingerprint density at radius 2 is 2.00 bits per heavy atom. The predicted octanol–water partition coefficient (Wildman–Crippen LogP) is 1.21. The number of anilines is 2. The second-order valence-electron chi connectivity index (χ2n) is 4.24. The van der Waals surface area contributed by atoms with Crippen molar-refractivity contribution in [1.82, 2.24) is 24.7 Å². The van der Waals surface area contributed by atoms with E-state index < -0.39 is 0 Å². The van der Waals surface area contributed by atoms with Gasteiger partial charge < -0.3 is 10.6 Å². The fraction of sp³-hybridized carbons (Fsp3) is 0.500. The summed E-state index contributed by atoms with van der Waals surface area (Å²) in [6.45, 7) is 2.66. The van der Waals surface area contributed by atoms with Crippen LogP contribution in [0.4, 0.5) is 11.6 Å². The molecule has 7 nitrogen and oxygen atoms in total. The van der Waals surface area contributed by atoms with Gasteiger partial charge in [-0.3, -0.25) is 4.68 Å². The molecule has 102 valence electrons. The monoisotopic (exact) mass is 261 g/mol. The molecule has 0 atom stereocenters. The van der Waals surface area contributed by atoms with Gasteiger partial charge in [0.2, 0.25) is 0 Å². The number of hydrogen-bond acceptors (Lipinski definition) is 6. The third kappa shape index (κ3) is 3.64. The lowest BCUT2D eigenvalue weighted by Crippen LogP contribution is -2.07. The molecule has 2 N–H and O–H groups in total. The Morgan fingerprint density at radius 1 is 1.21 bits per heavy atom. The van der Waals surface area contributed by atoms with Crippen molar-refractivity contribution in [2.24, 2.45) is 7.05 Å². The third-order valence-corrected chi connectivity index (χ3v) is 2.58. The summed E-state index contributed by atoms with van der Waals surface area (Å²) in [5.41, 5.74) is 0. The van der Waals surface area contributed by atoms with Gasteiger partial charge in [-0.2, -0.15) is 5.10 Å². The maximum absolute atomic E-state index is 4.47. The minimum Gasteiger partial charge on any atom is -0.373 e. The van der Waals surface area contributed by atoms with E-state index in [1.807, 2.05) is 20.2 Å². The minimum absolute atomic E-state index is 0.548. The molecule has 0 spiro atoms. The number of aromatic nitrogens is 5. The lowest BCUT2D eigenvalue weighted by Gasteiger charge is -2.08. The summed E-state index contributed by atoms with van der Waals surface area (Å²) >= 11 is 0. The Balaban J connectivity index is 2.08. The van der Waals surface area contributed by atoms with Gasteiger partial charge >= 0.3 is 0 Å². The zero-order valence-electron chi connectivity index (χ0n) is 11.5. The maximum Gasteiger partial charge on any atom is 0.169 e. The standard InChI is InChI=1S/C12H19N7/c1-4-5-9-16-10(13-2)6-11(17-9)14-7-12-15-8-19(3)18-12/h6,8H,4-5,7H2,1-3H3,(H2,13,14,16,17). The van der Waals surface area contributed by atoms with Crippen LogP contribution in [-0.2, 0) is 20.0 Å². The van der Waals surface area contributed by atoms with Crippen LogP contribution >= 0.6 is 0 Å². The van der Waals surface area contributed by atoms with Gasteiger partial charge in [0.25, 0.3) is 0 Å². The smallest absolute Gasteiger partial charge is 0.169 e. The summed E-state index contributed by atoms with van der Waals surface area (Å²) in [5, 5.41) is 10.5. The molecule has 0 amide bonds. The van der Waals surface area contributed by atoms with Crippen molar-refractivity contribution in [2.75, 3.05) is 17.7 Å². The van der Waals surface area contributed by atoms with Gasteiger partial charge in [0, 0.05) is 26.6 Å². The summed E-state index contributed by atoms with van der Waals surface area (Å²) in [5.74, 6) is 3.18. The molecule has 2 rings (SSSR count). The lowest BCUT2D eigenvalue weighted by atomic mass is 10.3. The zero-order valence-corrected chi connectivity index (χ0v) is 11.5. The number of hydrogen-bond donors (Lipinski definition) is 2. The van der Waals surface area contributed by atoms with Gasteiger partial charge in [0.05, 0.1) is 6.54 Å². The summed E-state index contributed by atoms with van der Waals surface area (Å²) in [4.78, 5) is 13.0. The Bertz CT molecular complexity index is 535. The van der Waals surface area contributed by atoms with Gasteiger partial charge in [-0.1, -0.05) is 6.92 Å². The van der Waals surface area contributed by atoms with E-state index in [0.717, 1.165) is 36.1 Å². The fourth-order valence-corrected chi connectivity index (χ4v) is 1.69. The van der Waals surface area contributed by atoms with Crippen molar-refractivity contribution in [3.63, 3.8) is 0 Å². The van der Waals surface area contributed by atoms with E-state index in [2.05, 4.69) is 37.6 Å². The first-order valence-electron chi connectivity index (χ1n) is 6.35. The molecule has 0 unspecified atom stereocenters. The Morgan fingerprint density at radius 3 is 2.63 bits per heavy atom. The number of aryl methyl sites for hydroxylation is 2. The molecule has 2 heterocycles. The minimum atomic E-state index is 0.548. The third-order valence-electron chi connectivity index (χ3n) is 2.58. The summed E-state index contributed by atoms with van der Waals surface area (Å²) in [6, 6.07) is 1.88. The number of nitrogens with zero attached hydrogens (tertiary/aromatic N) is 5.